The number of thiazole rings is 1. The minimum Gasteiger partial charge on any atom is -0.348 e. The van der Waals surface area contributed by atoms with Gasteiger partial charge in [0.15, 0.2) is 0 Å². The van der Waals surface area contributed by atoms with Crippen molar-refractivity contribution in [2.45, 2.75) is 25.8 Å². The number of amides is 1. The molecule has 5 heteroatoms. The van der Waals surface area contributed by atoms with Gasteiger partial charge in [0.1, 0.15) is 10.7 Å². The van der Waals surface area contributed by atoms with E-state index in [0.29, 0.717) is 11.6 Å². The third-order valence-corrected chi connectivity index (χ3v) is 5.04. The molecule has 0 bridgehead atoms. The van der Waals surface area contributed by atoms with Crippen molar-refractivity contribution in [3.8, 4) is 9.88 Å². The van der Waals surface area contributed by atoms with Crippen molar-refractivity contribution in [1.82, 2.24) is 10.3 Å². The monoisotopic (exact) mass is 278 g/mol. The molecular weight excluding hydrogens is 264 g/mol. The Bertz CT molecular complexity index is 543. The van der Waals surface area contributed by atoms with Gasteiger partial charge in [-0.05, 0) is 37.1 Å². The third-order valence-electron chi connectivity index (χ3n) is 3.16. The molecule has 2 aromatic heterocycles. The smallest absolute Gasteiger partial charge is 0.270 e. The lowest BCUT2D eigenvalue weighted by Gasteiger charge is -2.10. The molecule has 1 saturated carbocycles. The number of hydrogen-bond acceptors (Lipinski definition) is 4. The number of hydrogen-bond donors (Lipinski definition) is 1. The first kappa shape index (κ1) is 11.9. The zero-order chi connectivity index (χ0) is 12.5. The standard InChI is InChI=1S/C13H14N2OS2/c1-8(9-4-5-9)14-12(16)10-7-18-13(15-10)11-3-2-6-17-11/h2-3,6-9H,4-5H2,1H3,(H,14,16)/t8-/m1/s1. The number of carbonyl (C=O) groups excluding carboxylic acids is 1. The van der Waals surface area contributed by atoms with Crippen molar-refractivity contribution >= 4 is 28.6 Å². The summed E-state index contributed by atoms with van der Waals surface area (Å²) in [5.74, 6) is 0.623. The second-order valence-electron chi connectivity index (χ2n) is 4.61. The van der Waals surface area contributed by atoms with Gasteiger partial charge in [0.25, 0.3) is 5.91 Å². The maximum atomic E-state index is 12.0. The van der Waals surface area contributed by atoms with Gasteiger partial charge in [-0.25, -0.2) is 4.98 Å². The summed E-state index contributed by atoms with van der Waals surface area (Å²) >= 11 is 3.17. The molecule has 3 rings (SSSR count). The Morgan fingerprint density at radius 2 is 2.33 bits per heavy atom. The summed E-state index contributed by atoms with van der Waals surface area (Å²) < 4.78 is 0. The minimum absolute atomic E-state index is 0.0477. The molecule has 1 atom stereocenters. The predicted molar refractivity (Wildman–Crippen MR) is 75.1 cm³/mol. The summed E-state index contributed by atoms with van der Waals surface area (Å²) in [5.41, 5.74) is 0.538. The Morgan fingerprint density at radius 3 is 3.00 bits per heavy atom. The van der Waals surface area contributed by atoms with Crippen LogP contribution in [0, 0.1) is 5.92 Å². The highest BCUT2D eigenvalue weighted by molar-refractivity contribution is 7.20. The second-order valence-corrected chi connectivity index (χ2v) is 6.42. The normalized spacial score (nSPS) is 16.5. The second kappa shape index (κ2) is 4.82. The van der Waals surface area contributed by atoms with E-state index in [1.54, 1.807) is 11.3 Å². The Hall–Kier alpha value is -1.20. The lowest BCUT2D eigenvalue weighted by molar-refractivity contribution is 0.0931. The maximum Gasteiger partial charge on any atom is 0.270 e. The Kier molecular flexibility index (Phi) is 3.18. The van der Waals surface area contributed by atoms with Crippen molar-refractivity contribution in [1.29, 1.82) is 0 Å². The SMILES string of the molecule is C[C@@H](NC(=O)c1csc(-c2cccs2)n1)C1CC1. The van der Waals surface area contributed by atoms with Gasteiger partial charge in [0.05, 0.1) is 4.88 Å². The molecule has 18 heavy (non-hydrogen) atoms. The predicted octanol–water partition coefficient (Wildman–Crippen LogP) is 3.40. The quantitative estimate of drug-likeness (QED) is 0.931. The van der Waals surface area contributed by atoms with Crippen molar-refractivity contribution in [3.63, 3.8) is 0 Å². The fourth-order valence-electron chi connectivity index (χ4n) is 1.89. The van der Waals surface area contributed by atoms with Crippen LogP contribution in [-0.2, 0) is 0 Å². The summed E-state index contributed by atoms with van der Waals surface area (Å²) in [5, 5.41) is 7.81. The lowest BCUT2D eigenvalue weighted by atomic mass is 10.2. The van der Waals surface area contributed by atoms with E-state index in [1.165, 1.54) is 24.2 Å². The number of aromatic nitrogens is 1. The molecule has 94 valence electrons. The summed E-state index contributed by atoms with van der Waals surface area (Å²) in [7, 11) is 0. The van der Waals surface area contributed by atoms with Crippen LogP contribution < -0.4 is 5.32 Å². The van der Waals surface area contributed by atoms with Gasteiger partial charge in [-0.15, -0.1) is 22.7 Å². The Balaban J connectivity index is 1.70. The van der Waals surface area contributed by atoms with E-state index in [9.17, 15) is 4.79 Å². The maximum absolute atomic E-state index is 12.0. The molecule has 1 aliphatic rings. The molecule has 0 spiro atoms. The summed E-state index contributed by atoms with van der Waals surface area (Å²) in [6.45, 7) is 2.07. The van der Waals surface area contributed by atoms with E-state index in [-0.39, 0.29) is 11.9 Å². The highest BCUT2D eigenvalue weighted by Gasteiger charge is 2.29. The fourth-order valence-corrected chi connectivity index (χ4v) is 3.50. The van der Waals surface area contributed by atoms with Crippen LogP contribution in [0.2, 0.25) is 0 Å². The molecule has 1 aliphatic carbocycles. The molecule has 1 fully saturated rings. The van der Waals surface area contributed by atoms with Crippen LogP contribution in [-0.4, -0.2) is 16.9 Å². The number of rotatable bonds is 4. The number of thiophene rings is 1. The molecule has 2 aromatic rings. The minimum atomic E-state index is -0.0477. The van der Waals surface area contributed by atoms with E-state index < -0.39 is 0 Å². The van der Waals surface area contributed by atoms with E-state index in [1.807, 2.05) is 22.9 Å². The molecule has 1 amide bonds. The summed E-state index contributed by atoms with van der Waals surface area (Å²) in [6.07, 6.45) is 2.47. The molecule has 1 N–H and O–H groups in total. The molecule has 2 heterocycles. The topological polar surface area (TPSA) is 42.0 Å². The van der Waals surface area contributed by atoms with Crippen LogP contribution in [0.5, 0.6) is 0 Å². The van der Waals surface area contributed by atoms with Crippen LogP contribution in [0.3, 0.4) is 0 Å². The Morgan fingerprint density at radius 1 is 1.50 bits per heavy atom. The largest absolute Gasteiger partial charge is 0.348 e. The summed E-state index contributed by atoms with van der Waals surface area (Å²) in [4.78, 5) is 17.5. The van der Waals surface area contributed by atoms with Gasteiger partial charge in [-0.1, -0.05) is 6.07 Å². The van der Waals surface area contributed by atoms with E-state index in [0.717, 1.165) is 9.88 Å². The zero-order valence-electron chi connectivity index (χ0n) is 10.1. The van der Waals surface area contributed by atoms with Gasteiger partial charge in [0, 0.05) is 11.4 Å². The van der Waals surface area contributed by atoms with Gasteiger partial charge in [0.2, 0.25) is 0 Å². The van der Waals surface area contributed by atoms with Crippen molar-refractivity contribution < 1.29 is 4.79 Å². The van der Waals surface area contributed by atoms with Crippen LogP contribution in [0.15, 0.2) is 22.9 Å². The van der Waals surface area contributed by atoms with E-state index in [2.05, 4.69) is 17.2 Å². The summed E-state index contributed by atoms with van der Waals surface area (Å²) in [6, 6.07) is 4.29. The molecule has 0 aromatic carbocycles. The molecule has 0 unspecified atom stereocenters. The van der Waals surface area contributed by atoms with Crippen molar-refractivity contribution in [3.05, 3.63) is 28.6 Å². The number of carbonyl (C=O) groups is 1. The van der Waals surface area contributed by atoms with Gasteiger partial charge >= 0.3 is 0 Å². The first-order valence-electron chi connectivity index (χ1n) is 6.04. The fraction of sp³-hybridized carbons (Fsp3) is 0.385. The highest BCUT2D eigenvalue weighted by Crippen LogP contribution is 2.32. The Labute approximate surface area is 114 Å². The zero-order valence-corrected chi connectivity index (χ0v) is 11.7. The van der Waals surface area contributed by atoms with Crippen LogP contribution in [0.25, 0.3) is 9.88 Å². The van der Waals surface area contributed by atoms with Crippen LogP contribution in [0.4, 0.5) is 0 Å². The van der Waals surface area contributed by atoms with Gasteiger partial charge < -0.3 is 5.32 Å². The molecule has 0 saturated heterocycles. The van der Waals surface area contributed by atoms with Crippen LogP contribution >= 0.6 is 22.7 Å². The van der Waals surface area contributed by atoms with E-state index in [4.69, 9.17) is 0 Å². The first-order valence-corrected chi connectivity index (χ1v) is 7.80. The molecule has 0 radical (unpaired) electrons. The highest BCUT2D eigenvalue weighted by atomic mass is 32.1. The third kappa shape index (κ3) is 2.47. The van der Waals surface area contributed by atoms with Gasteiger partial charge in [-0.3, -0.25) is 4.79 Å². The van der Waals surface area contributed by atoms with Gasteiger partial charge in [-0.2, -0.15) is 0 Å². The average molecular weight is 278 g/mol. The number of nitrogens with one attached hydrogen (secondary N) is 1. The molecule has 0 aliphatic heterocycles. The number of nitrogens with zero attached hydrogens (tertiary/aromatic N) is 1. The van der Waals surface area contributed by atoms with E-state index >= 15 is 0 Å². The molecule has 3 nitrogen and oxygen atoms in total. The molecular formula is C13H14N2OS2. The lowest BCUT2D eigenvalue weighted by Crippen LogP contribution is -2.34. The van der Waals surface area contributed by atoms with Crippen LogP contribution in [0.1, 0.15) is 30.3 Å². The van der Waals surface area contributed by atoms with Crippen molar-refractivity contribution in [2.24, 2.45) is 5.92 Å². The van der Waals surface area contributed by atoms with Crippen molar-refractivity contribution in [2.75, 3.05) is 0 Å². The average Bonchev–Trinajstić information content (AvgIpc) is 2.89. The first-order chi connectivity index (χ1) is 8.74.